The number of benzene rings is 3. The van der Waals surface area contributed by atoms with Gasteiger partial charge >= 0.3 is 0 Å². The van der Waals surface area contributed by atoms with Crippen LogP contribution in [0.2, 0.25) is 5.02 Å². The summed E-state index contributed by atoms with van der Waals surface area (Å²) in [5, 5.41) is 3.18. The van der Waals surface area contributed by atoms with E-state index in [4.69, 9.17) is 17.3 Å². The van der Waals surface area contributed by atoms with Crippen LogP contribution in [0.25, 0.3) is 10.8 Å². The second-order valence-electron chi connectivity index (χ2n) is 5.06. The summed E-state index contributed by atoms with van der Waals surface area (Å²) < 4.78 is 0. The van der Waals surface area contributed by atoms with E-state index in [0.29, 0.717) is 0 Å². The van der Waals surface area contributed by atoms with Crippen molar-refractivity contribution in [3.05, 3.63) is 82.4 Å². The third-order valence-electron chi connectivity index (χ3n) is 3.69. The van der Waals surface area contributed by atoms with Crippen molar-refractivity contribution in [1.82, 2.24) is 0 Å². The van der Waals surface area contributed by atoms with Crippen LogP contribution in [0.5, 0.6) is 0 Å². The average molecular weight is 282 g/mol. The molecular formula is C18H16ClN. The van der Waals surface area contributed by atoms with E-state index in [0.717, 1.165) is 21.7 Å². The number of nitrogens with two attached hydrogens (primary N) is 1. The quantitative estimate of drug-likeness (QED) is 0.714. The largest absolute Gasteiger partial charge is 0.320 e. The van der Waals surface area contributed by atoms with Crippen LogP contribution in [-0.2, 0) is 0 Å². The summed E-state index contributed by atoms with van der Waals surface area (Å²) >= 11 is 6.38. The van der Waals surface area contributed by atoms with Gasteiger partial charge in [-0.25, -0.2) is 0 Å². The SMILES string of the molecule is Cc1cccc(C(N)c2ccc3ccccc3c2)c1Cl. The van der Waals surface area contributed by atoms with E-state index in [1.807, 2.05) is 37.3 Å². The summed E-state index contributed by atoms with van der Waals surface area (Å²) in [6.07, 6.45) is 0. The standard InChI is InChI=1S/C18H16ClN/c1-12-5-4-8-16(17(12)19)18(20)15-10-9-13-6-2-3-7-14(13)11-15/h2-11,18H,20H2,1H3. The van der Waals surface area contributed by atoms with Crippen LogP contribution in [0.1, 0.15) is 22.7 Å². The van der Waals surface area contributed by atoms with Crippen LogP contribution < -0.4 is 5.73 Å². The molecule has 0 heterocycles. The molecule has 0 bridgehead atoms. The Balaban J connectivity index is 2.08. The van der Waals surface area contributed by atoms with Crippen molar-refractivity contribution in [2.45, 2.75) is 13.0 Å². The Morgan fingerprint density at radius 3 is 2.45 bits per heavy atom. The molecule has 2 heteroatoms. The molecule has 0 aliphatic heterocycles. The molecule has 3 aromatic rings. The van der Waals surface area contributed by atoms with Crippen molar-refractivity contribution in [3.8, 4) is 0 Å². The van der Waals surface area contributed by atoms with Crippen LogP contribution >= 0.6 is 11.6 Å². The van der Waals surface area contributed by atoms with Gasteiger partial charge in [0.1, 0.15) is 0 Å². The maximum Gasteiger partial charge on any atom is 0.0566 e. The molecular weight excluding hydrogens is 266 g/mol. The zero-order chi connectivity index (χ0) is 14.1. The van der Waals surface area contributed by atoms with Crippen molar-refractivity contribution in [1.29, 1.82) is 0 Å². The fraction of sp³-hybridized carbons (Fsp3) is 0.111. The Morgan fingerprint density at radius 1 is 0.900 bits per heavy atom. The summed E-state index contributed by atoms with van der Waals surface area (Å²) in [4.78, 5) is 0. The molecule has 1 atom stereocenters. The van der Waals surface area contributed by atoms with Crippen molar-refractivity contribution in [2.75, 3.05) is 0 Å². The molecule has 20 heavy (non-hydrogen) atoms. The summed E-state index contributed by atoms with van der Waals surface area (Å²) in [6.45, 7) is 2.00. The lowest BCUT2D eigenvalue weighted by molar-refractivity contribution is 0.872. The van der Waals surface area contributed by atoms with Gasteiger partial charge in [-0.15, -0.1) is 0 Å². The molecule has 0 fully saturated rings. The Morgan fingerprint density at radius 2 is 1.65 bits per heavy atom. The maximum absolute atomic E-state index is 6.39. The average Bonchev–Trinajstić information content (AvgIpc) is 2.49. The summed E-state index contributed by atoms with van der Waals surface area (Å²) in [6, 6.07) is 20.4. The summed E-state index contributed by atoms with van der Waals surface area (Å²) in [7, 11) is 0. The third kappa shape index (κ3) is 2.31. The highest BCUT2D eigenvalue weighted by Gasteiger charge is 2.13. The molecule has 0 saturated heterocycles. The first-order valence-corrected chi connectivity index (χ1v) is 7.04. The first-order valence-electron chi connectivity index (χ1n) is 6.66. The van der Waals surface area contributed by atoms with Gasteiger partial charge in [-0.05, 0) is 40.5 Å². The molecule has 0 aliphatic rings. The van der Waals surface area contributed by atoms with E-state index in [1.54, 1.807) is 0 Å². The van der Waals surface area contributed by atoms with Crippen LogP contribution in [0.4, 0.5) is 0 Å². The minimum absolute atomic E-state index is 0.202. The van der Waals surface area contributed by atoms with Crippen LogP contribution in [0, 0.1) is 6.92 Å². The predicted octanol–water partition coefficient (Wildman–Crippen LogP) is 4.85. The summed E-state index contributed by atoms with van der Waals surface area (Å²) in [5.41, 5.74) is 9.50. The Labute approximate surface area is 124 Å². The highest BCUT2D eigenvalue weighted by Crippen LogP contribution is 2.30. The number of hydrogen-bond donors (Lipinski definition) is 1. The van der Waals surface area contributed by atoms with Gasteiger partial charge in [0, 0.05) is 5.02 Å². The fourth-order valence-electron chi connectivity index (χ4n) is 2.49. The minimum Gasteiger partial charge on any atom is -0.320 e. The van der Waals surface area contributed by atoms with Gasteiger partial charge in [0.05, 0.1) is 6.04 Å². The molecule has 0 radical (unpaired) electrons. The Hall–Kier alpha value is -1.83. The molecule has 1 nitrogen and oxygen atoms in total. The van der Waals surface area contributed by atoms with Crippen molar-refractivity contribution >= 4 is 22.4 Å². The topological polar surface area (TPSA) is 26.0 Å². The number of hydrogen-bond acceptors (Lipinski definition) is 1. The van der Waals surface area contributed by atoms with Gasteiger partial charge in [0.2, 0.25) is 0 Å². The Kier molecular flexibility index (Phi) is 3.47. The molecule has 0 saturated carbocycles. The van der Waals surface area contributed by atoms with Gasteiger partial charge in [-0.2, -0.15) is 0 Å². The van der Waals surface area contributed by atoms with E-state index in [-0.39, 0.29) is 6.04 Å². The van der Waals surface area contributed by atoms with Crippen LogP contribution in [-0.4, -0.2) is 0 Å². The lowest BCUT2D eigenvalue weighted by Gasteiger charge is -2.16. The molecule has 0 aliphatic carbocycles. The molecule has 2 N–H and O–H groups in total. The zero-order valence-corrected chi connectivity index (χ0v) is 12.1. The van der Waals surface area contributed by atoms with Crippen molar-refractivity contribution < 1.29 is 0 Å². The Bertz CT molecular complexity index is 764. The fourth-order valence-corrected chi connectivity index (χ4v) is 2.73. The molecule has 3 rings (SSSR count). The van der Waals surface area contributed by atoms with E-state index < -0.39 is 0 Å². The van der Waals surface area contributed by atoms with Gasteiger partial charge < -0.3 is 5.73 Å². The van der Waals surface area contributed by atoms with Crippen LogP contribution in [0.3, 0.4) is 0 Å². The molecule has 1 unspecified atom stereocenters. The highest BCUT2D eigenvalue weighted by molar-refractivity contribution is 6.32. The van der Waals surface area contributed by atoms with Crippen molar-refractivity contribution in [3.63, 3.8) is 0 Å². The monoisotopic (exact) mass is 281 g/mol. The van der Waals surface area contributed by atoms with Crippen molar-refractivity contribution in [2.24, 2.45) is 5.73 Å². The van der Waals surface area contributed by atoms with E-state index in [2.05, 4.69) is 30.3 Å². The van der Waals surface area contributed by atoms with Gasteiger partial charge in [0.25, 0.3) is 0 Å². The second-order valence-corrected chi connectivity index (χ2v) is 5.44. The number of fused-ring (bicyclic) bond motifs is 1. The molecule has 0 spiro atoms. The molecule has 0 aromatic heterocycles. The highest BCUT2D eigenvalue weighted by atomic mass is 35.5. The number of halogens is 1. The van der Waals surface area contributed by atoms with E-state index in [9.17, 15) is 0 Å². The summed E-state index contributed by atoms with van der Waals surface area (Å²) in [5.74, 6) is 0. The lowest BCUT2D eigenvalue weighted by Crippen LogP contribution is -2.12. The smallest absolute Gasteiger partial charge is 0.0566 e. The lowest BCUT2D eigenvalue weighted by atomic mass is 9.96. The first-order chi connectivity index (χ1) is 9.66. The normalized spacial score (nSPS) is 12.6. The third-order valence-corrected chi connectivity index (χ3v) is 4.21. The van der Waals surface area contributed by atoms with E-state index >= 15 is 0 Å². The molecule has 0 amide bonds. The second kappa shape index (κ2) is 5.28. The van der Waals surface area contributed by atoms with E-state index in [1.165, 1.54) is 10.8 Å². The number of rotatable bonds is 2. The van der Waals surface area contributed by atoms with Gasteiger partial charge in [0.15, 0.2) is 0 Å². The first kappa shape index (κ1) is 13.2. The van der Waals surface area contributed by atoms with Gasteiger partial charge in [-0.3, -0.25) is 0 Å². The maximum atomic E-state index is 6.39. The molecule has 100 valence electrons. The zero-order valence-electron chi connectivity index (χ0n) is 11.3. The minimum atomic E-state index is -0.202. The van der Waals surface area contributed by atoms with Gasteiger partial charge in [-0.1, -0.05) is 66.2 Å². The van der Waals surface area contributed by atoms with Crippen LogP contribution in [0.15, 0.2) is 60.7 Å². The number of aryl methyl sites for hydroxylation is 1. The molecule has 3 aromatic carbocycles. The predicted molar refractivity (Wildman–Crippen MR) is 86.2 cm³/mol.